The maximum atomic E-state index is 11.6. The Morgan fingerprint density at radius 1 is 1.38 bits per heavy atom. The Labute approximate surface area is 126 Å². The lowest BCUT2D eigenvalue weighted by Gasteiger charge is -2.24. The van der Waals surface area contributed by atoms with Crippen molar-refractivity contribution in [2.24, 2.45) is 17.4 Å². The number of thioether (sulfide) groups is 1. The number of hydrogen-bond acceptors (Lipinski definition) is 6. The van der Waals surface area contributed by atoms with Crippen LogP contribution in [0.3, 0.4) is 0 Å². The van der Waals surface area contributed by atoms with Crippen LogP contribution in [-0.4, -0.2) is 37.4 Å². The van der Waals surface area contributed by atoms with Crippen LogP contribution in [0.15, 0.2) is 35.5 Å². The number of primary amides is 1. The largest absolute Gasteiger partial charge is 0.368 e. The van der Waals surface area contributed by atoms with Crippen molar-refractivity contribution in [3.05, 3.63) is 30.3 Å². The summed E-state index contributed by atoms with van der Waals surface area (Å²) in [5.41, 5.74) is 11.5. The monoisotopic (exact) mass is 304 g/mol. The topological polar surface area (TPSA) is 113 Å². The summed E-state index contributed by atoms with van der Waals surface area (Å²) in [6.45, 7) is 0. The number of tetrazole rings is 1. The van der Waals surface area contributed by atoms with Crippen LogP contribution in [0.4, 0.5) is 0 Å². The normalized spacial score (nSPS) is 17.4. The summed E-state index contributed by atoms with van der Waals surface area (Å²) in [5.74, 6) is 0.0833. The minimum absolute atomic E-state index is 0.170. The van der Waals surface area contributed by atoms with Gasteiger partial charge in [0, 0.05) is 5.75 Å². The second-order valence-corrected chi connectivity index (χ2v) is 6.12. The van der Waals surface area contributed by atoms with Crippen LogP contribution in [-0.2, 0) is 4.79 Å². The second kappa shape index (κ2) is 5.45. The molecule has 0 radical (unpaired) electrons. The van der Waals surface area contributed by atoms with Crippen molar-refractivity contribution in [3.63, 3.8) is 0 Å². The van der Waals surface area contributed by atoms with Gasteiger partial charge in [0.2, 0.25) is 11.1 Å². The van der Waals surface area contributed by atoms with Crippen molar-refractivity contribution in [2.45, 2.75) is 23.5 Å². The molecule has 110 valence electrons. The van der Waals surface area contributed by atoms with Gasteiger partial charge in [-0.25, -0.2) is 0 Å². The molecule has 21 heavy (non-hydrogen) atoms. The molecule has 1 fully saturated rings. The van der Waals surface area contributed by atoms with Crippen molar-refractivity contribution in [1.82, 2.24) is 20.2 Å². The molecule has 0 aliphatic heterocycles. The smallest absolute Gasteiger partial charge is 0.238 e. The molecule has 1 aliphatic rings. The first-order valence-corrected chi connectivity index (χ1v) is 7.65. The van der Waals surface area contributed by atoms with Gasteiger partial charge in [0.1, 0.15) is 5.54 Å². The minimum atomic E-state index is -0.988. The number of para-hydroxylation sites is 1. The Balaban J connectivity index is 1.77. The molecular formula is C13H16N6OS. The number of amides is 1. The molecule has 0 spiro atoms. The van der Waals surface area contributed by atoms with Crippen LogP contribution in [0.2, 0.25) is 0 Å². The standard InChI is InChI=1S/C13H16N6OS/c14-11(20)13(15,9-6-7-9)8-21-12-16-17-18-19(12)10-4-2-1-3-5-10/h1-5,9H,6-8,15H2,(H2,14,20). The maximum Gasteiger partial charge on any atom is 0.238 e. The SMILES string of the molecule is NC(=O)C(N)(CSc1nnnn1-c1ccccc1)C1CC1. The summed E-state index contributed by atoms with van der Waals surface area (Å²) in [6.07, 6.45) is 1.90. The lowest BCUT2D eigenvalue weighted by atomic mass is 9.96. The number of nitrogens with zero attached hydrogens (tertiary/aromatic N) is 4. The zero-order valence-electron chi connectivity index (χ0n) is 11.3. The van der Waals surface area contributed by atoms with Crippen molar-refractivity contribution in [2.75, 3.05) is 5.75 Å². The van der Waals surface area contributed by atoms with E-state index >= 15 is 0 Å². The Morgan fingerprint density at radius 2 is 2.10 bits per heavy atom. The number of benzene rings is 1. The van der Waals surface area contributed by atoms with Crippen LogP contribution < -0.4 is 11.5 Å². The van der Waals surface area contributed by atoms with Gasteiger partial charge in [0.15, 0.2) is 0 Å². The van der Waals surface area contributed by atoms with Gasteiger partial charge >= 0.3 is 0 Å². The predicted molar refractivity (Wildman–Crippen MR) is 78.7 cm³/mol. The molecule has 1 saturated carbocycles. The summed E-state index contributed by atoms with van der Waals surface area (Å²) in [4.78, 5) is 11.6. The van der Waals surface area contributed by atoms with Crippen LogP contribution in [0.25, 0.3) is 5.69 Å². The zero-order valence-corrected chi connectivity index (χ0v) is 12.2. The average molecular weight is 304 g/mol. The highest BCUT2D eigenvalue weighted by Gasteiger charge is 2.47. The van der Waals surface area contributed by atoms with E-state index < -0.39 is 11.4 Å². The molecule has 7 nitrogen and oxygen atoms in total. The molecule has 1 aliphatic carbocycles. The Morgan fingerprint density at radius 3 is 2.71 bits per heavy atom. The van der Waals surface area contributed by atoms with E-state index in [1.165, 1.54) is 11.8 Å². The van der Waals surface area contributed by atoms with Crippen molar-refractivity contribution in [3.8, 4) is 5.69 Å². The summed E-state index contributed by atoms with van der Waals surface area (Å²) in [6, 6.07) is 9.56. The highest BCUT2D eigenvalue weighted by atomic mass is 32.2. The molecule has 1 aromatic heterocycles. The Hall–Kier alpha value is -1.93. The van der Waals surface area contributed by atoms with Crippen molar-refractivity contribution < 1.29 is 4.79 Å². The van der Waals surface area contributed by atoms with Gasteiger partial charge in [-0.05, 0) is 41.3 Å². The van der Waals surface area contributed by atoms with Gasteiger partial charge in [0.25, 0.3) is 0 Å². The third kappa shape index (κ3) is 2.77. The van der Waals surface area contributed by atoms with Crippen molar-refractivity contribution >= 4 is 17.7 Å². The molecule has 1 aromatic carbocycles. The lowest BCUT2D eigenvalue weighted by Crippen LogP contribution is -2.56. The molecule has 0 bridgehead atoms. The number of aromatic nitrogens is 4. The van der Waals surface area contributed by atoms with Gasteiger partial charge in [-0.3, -0.25) is 4.79 Å². The molecule has 2 aromatic rings. The Kier molecular flexibility index (Phi) is 3.64. The number of carbonyl (C=O) groups is 1. The first kappa shape index (κ1) is 14.0. The van der Waals surface area contributed by atoms with E-state index in [0.29, 0.717) is 10.9 Å². The first-order valence-electron chi connectivity index (χ1n) is 6.66. The fraction of sp³-hybridized carbons (Fsp3) is 0.385. The predicted octanol–water partition coefficient (Wildman–Crippen LogP) is 0.347. The van der Waals surface area contributed by atoms with Crippen LogP contribution in [0.1, 0.15) is 12.8 Å². The first-order chi connectivity index (χ1) is 10.1. The highest BCUT2D eigenvalue weighted by Crippen LogP contribution is 2.40. The summed E-state index contributed by atoms with van der Waals surface area (Å²) in [5, 5.41) is 12.2. The van der Waals surface area contributed by atoms with Crippen LogP contribution in [0, 0.1) is 5.92 Å². The van der Waals surface area contributed by atoms with E-state index in [2.05, 4.69) is 15.5 Å². The number of nitrogens with two attached hydrogens (primary N) is 2. The van der Waals surface area contributed by atoms with Gasteiger partial charge in [-0.2, -0.15) is 4.68 Å². The molecule has 0 saturated heterocycles. The number of hydrogen-bond donors (Lipinski definition) is 2. The van der Waals surface area contributed by atoms with Crippen molar-refractivity contribution in [1.29, 1.82) is 0 Å². The molecule has 1 amide bonds. The lowest BCUT2D eigenvalue weighted by molar-refractivity contribution is -0.123. The molecule has 8 heteroatoms. The summed E-state index contributed by atoms with van der Waals surface area (Å²) < 4.78 is 1.62. The van der Waals surface area contributed by atoms with Gasteiger partial charge < -0.3 is 11.5 Å². The van der Waals surface area contributed by atoms with Crippen LogP contribution in [0.5, 0.6) is 0 Å². The Bertz CT molecular complexity index is 641. The fourth-order valence-corrected chi connectivity index (χ4v) is 3.28. The summed E-state index contributed by atoms with van der Waals surface area (Å²) in [7, 11) is 0. The van der Waals surface area contributed by atoms with Gasteiger partial charge in [-0.1, -0.05) is 30.0 Å². The van der Waals surface area contributed by atoms with E-state index in [-0.39, 0.29) is 5.92 Å². The van der Waals surface area contributed by atoms with E-state index in [4.69, 9.17) is 11.5 Å². The zero-order chi connectivity index (χ0) is 14.9. The fourth-order valence-electron chi connectivity index (χ4n) is 2.17. The molecule has 3 rings (SSSR count). The third-order valence-electron chi connectivity index (χ3n) is 3.65. The van der Waals surface area contributed by atoms with E-state index in [0.717, 1.165) is 18.5 Å². The van der Waals surface area contributed by atoms with E-state index in [1.807, 2.05) is 30.3 Å². The third-order valence-corrected chi connectivity index (χ3v) is 4.78. The number of carbonyl (C=O) groups excluding carboxylic acids is 1. The second-order valence-electron chi connectivity index (χ2n) is 5.18. The summed E-state index contributed by atoms with van der Waals surface area (Å²) >= 11 is 1.35. The minimum Gasteiger partial charge on any atom is -0.368 e. The quantitative estimate of drug-likeness (QED) is 0.744. The van der Waals surface area contributed by atoms with Gasteiger partial charge in [-0.15, -0.1) is 5.10 Å². The highest BCUT2D eigenvalue weighted by molar-refractivity contribution is 7.99. The molecule has 1 heterocycles. The molecular weight excluding hydrogens is 288 g/mol. The van der Waals surface area contributed by atoms with Crippen LogP contribution >= 0.6 is 11.8 Å². The average Bonchev–Trinajstić information content (AvgIpc) is 3.25. The van der Waals surface area contributed by atoms with Gasteiger partial charge in [0.05, 0.1) is 5.69 Å². The molecule has 1 unspecified atom stereocenters. The van der Waals surface area contributed by atoms with E-state index in [1.54, 1.807) is 4.68 Å². The maximum absolute atomic E-state index is 11.6. The number of rotatable bonds is 6. The molecule has 1 atom stereocenters. The van der Waals surface area contributed by atoms with E-state index in [9.17, 15) is 4.79 Å². The molecule has 4 N–H and O–H groups in total.